The first kappa shape index (κ1) is 33.0. The van der Waals surface area contributed by atoms with E-state index in [1.807, 2.05) is 84.9 Å². The van der Waals surface area contributed by atoms with Crippen LogP contribution in [-0.4, -0.2) is 72.0 Å². The number of para-hydroxylation sites is 2. The zero-order chi connectivity index (χ0) is 34.7. The number of fused-ring (bicyclic) bond motifs is 3. The number of imidazole rings is 1. The summed E-state index contributed by atoms with van der Waals surface area (Å²) in [5, 5.41) is 3.85. The summed E-state index contributed by atoms with van der Waals surface area (Å²) in [6.07, 6.45) is 0.719. The van der Waals surface area contributed by atoms with Gasteiger partial charge in [0.15, 0.2) is 0 Å². The summed E-state index contributed by atoms with van der Waals surface area (Å²) in [5.41, 5.74) is 7.07. The van der Waals surface area contributed by atoms with Gasteiger partial charge in [-0.2, -0.15) is 0 Å². The Morgan fingerprint density at radius 3 is 2.06 bits per heavy atom. The van der Waals surface area contributed by atoms with Gasteiger partial charge in [0.05, 0.1) is 0 Å². The Kier molecular flexibility index (Phi) is 8.55. The molecule has 1 aromatic heterocycles. The number of nitrogens with zero attached hydrogens (tertiary/aromatic N) is 2. The summed E-state index contributed by atoms with van der Waals surface area (Å²) >= 11 is 0. The Morgan fingerprint density at radius 2 is 1.35 bits per heavy atom. The number of aryl methyl sites for hydroxylation is 1. The molecule has 213 valence electrons. The number of aromatic nitrogens is 2. The van der Waals surface area contributed by atoms with Crippen molar-refractivity contribution in [1.82, 2.24) is 9.55 Å². The molecule has 0 bridgehead atoms. The van der Waals surface area contributed by atoms with Crippen LogP contribution in [0.3, 0.4) is 0 Å². The van der Waals surface area contributed by atoms with Gasteiger partial charge in [0.1, 0.15) is 0 Å². The molecular formula is C39H23B8N2. The molecule has 6 aromatic carbocycles. The molecule has 0 unspecified atom stereocenters. The number of rotatable bonds is 5. The van der Waals surface area contributed by atoms with Crippen molar-refractivity contribution in [2.24, 2.45) is 0 Å². The van der Waals surface area contributed by atoms with Gasteiger partial charge in [-0.05, 0) is 0 Å². The molecular weight excluding hydrogens is 583 g/mol. The Morgan fingerprint density at radius 1 is 0.714 bits per heavy atom. The molecule has 7 aromatic rings. The number of allylic oxidation sites excluding steroid dienone is 2. The normalized spacial score (nSPS) is 12.8. The fraction of sp³-hybridized carbons (Fsp3) is 0.0769. The molecule has 0 fully saturated rings. The summed E-state index contributed by atoms with van der Waals surface area (Å²) in [5.74, 6) is 0.909. The molecule has 0 aliphatic carbocycles. The molecule has 0 spiro atoms. The number of hydrogen-bond acceptors (Lipinski definition) is 1. The fourth-order valence-corrected chi connectivity index (χ4v) is 6.91. The molecule has 0 aliphatic rings. The molecule has 15 radical (unpaired) electrons. The summed E-state index contributed by atoms with van der Waals surface area (Å²) in [7, 11) is 54.1. The summed E-state index contributed by atoms with van der Waals surface area (Å²) in [6.45, 7) is 3.77. The predicted molar refractivity (Wildman–Crippen MR) is 215 cm³/mol. The zero-order valence-electron chi connectivity index (χ0n) is 27.4. The monoisotopic (exact) mass is 607 g/mol. The summed E-state index contributed by atoms with van der Waals surface area (Å²) in [4.78, 5) is 4.89. The van der Waals surface area contributed by atoms with Crippen molar-refractivity contribution in [2.45, 2.75) is 20.3 Å². The van der Waals surface area contributed by atoms with Crippen molar-refractivity contribution in [3.8, 4) is 27.9 Å². The molecule has 0 saturated carbocycles. The van der Waals surface area contributed by atoms with E-state index in [1.54, 1.807) is 6.92 Å². The minimum absolute atomic E-state index is 0.160. The second-order valence-electron chi connectivity index (χ2n) is 12.2. The first-order chi connectivity index (χ1) is 23.5. The molecule has 0 N–H and O–H groups in total. The van der Waals surface area contributed by atoms with Crippen molar-refractivity contribution in [3.63, 3.8) is 0 Å². The third-order valence-corrected chi connectivity index (χ3v) is 9.33. The predicted octanol–water partition coefficient (Wildman–Crippen LogP) is 2.67. The van der Waals surface area contributed by atoms with Crippen LogP contribution < -0.4 is 27.1 Å². The molecule has 1 heterocycles. The van der Waals surface area contributed by atoms with E-state index in [0.29, 0.717) is 37.7 Å². The summed E-state index contributed by atoms with van der Waals surface area (Å²) in [6, 6.07) is 30.0. The van der Waals surface area contributed by atoms with Crippen LogP contribution in [0.2, 0.25) is 0 Å². The topological polar surface area (TPSA) is 17.8 Å². The average Bonchev–Trinajstić information content (AvgIpc) is 3.50. The van der Waals surface area contributed by atoms with Gasteiger partial charge in [0, 0.05) is 0 Å². The van der Waals surface area contributed by atoms with E-state index in [1.165, 1.54) is 0 Å². The number of hydrogen-bond donors (Lipinski definition) is 0. The van der Waals surface area contributed by atoms with Gasteiger partial charge in [-0.15, -0.1) is 0 Å². The van der Waals surface area contributed by atoms with E-state index in [-0.39, 0.29) is 32.8 Å². The Labute approximate surface area is 297 Å². The Hall–Kier alpha value is -4.56. The van der Waals surface area contributed by atoms with Crippen LogP contribution >= 0.6 is 0 Å². The van der Waals surface area contributed by atoms with Gasteiger partial charge in [0.2, 0.25) is 0 Å². The van der Waals surface area contributed by atoms with E-state index < -0.39 is 0 Å². The van der Waals surface area contributed by atoms with Crippen LogP contribution in [-0.2, 0) is 6.42 Å². The standard InChI is InChI=1S/C39H23B8N2/c1-3-27-48-25-16-6-7-17-26(25)49(27)22-13-8-12-21(18-22)28-30-31(36(44)39(47)38(46)35(30)43)29(34(42)32(28)37(45)33(41)19(2)40)24-15-9-11-20-10-4-5-14-23(20)24/h4-18H,3H2,1-2H3/b33-19-,37-32+. The molecule has 0 aliphatic heterocycles. The van der Waals surface area contributed by atoms with Crippen molar-refractivity contribution in [3.05, 3.63) is 118 Å². The van der Waals surface area contributed by atoms with E-state index in [4.69, 9.17) is 67.4 Å². The molecule has 2 nitrogen and oxygen atoms in total. The van der Waals surface area contributed by atoms with Crippen LogP contribution in [0.5, 0.6) is 0 Å². The average molecular weight is 606 g/mol. The molecule has 0 atom stereocenters. The quantitative estimate of drug-likeness (QED) is 0.276. The van der Waals surface area contributed by atoms with Gasteiger partial charge in [-0.25, -0.2) is 0 Å². The Balaban J connectivity index is 1.73. The maximum atomic E-state index is 7.31. The molecule has 0 saturated heterocycles. The molecule has 0 amide bonds. The SMILES string of the molecule is [B]/C(C)=C([B])/C([B])=c1/c(-c2cccc(-n3c(CC)nc4ccccc43)c2)c2c([B])c([B])c([B])c([B])c2c(-c2cccc3ccccc23)c1=[B]. The first-order valence-corrected chi connectivity index (χ1v) is 16.0. The van der Waals surface area contributed by atoms with Crippen LogP contribution in [0.25, 0.3) is 66.0 Å². The molecule has 7 rings (SSSR count). The van der Waals surface area contributed by atoms with Crippen LogP contribution in [0, 0.1) is 5.11 Å². The second-order valence-corrected chi connectivity index (χ2v) is 12.2. The van der Waals surface area contributed by atoms with Crippen LogP contribution in [0.4, 0.5) is 0 Å². The fourth-order valence-electron chi connectivity index (χ4n) is 6.91. The first-order valence-electron chi connectivity index (χ1n) is 16.0. The van der Waals surface area contributed by atoms with Crippen molar-refractivity contribution in [2.75, 3.05) is 0 Å². The van der Waals surface area contributed by atoms with Crippen LogP contribution in [0.1, 0.15) is 19.7 Å². The van der Waals surface area contributed by atoms with E-state index in [9.17, 15) is 0 Å². The second kappa shape index (κ2) is 12.7. The van der Waals surface area contributed by atoms with Gasteiger partial charge in [-0.3, -0.25) is 0 Å². The van der Waals surface area contributed by atoms with Crippen molar-refractivity contribution in [1.29, 1.82) is 0 Å². The molecule has 49 heavy (non-hydrogen) atoms. The third-order valence-electron chi connectivity index (χ3n) is 9.33. The summed E-state index contributed by atoms with van der Waals surface area (Å²) < 4.78 is 2.14. The molecule has 10 heteroatoms. The third kappa shape index (κ3) is 5.23. The van der Waals surface area contributed by atoms with E-state index in [0.717, 1.165) is 50.9 Å². The van der Waals surface area contributed by atoms with Crippen molar-refractivity contribution >= 4 is 122 Å². The van der Waals surface area contributed by atoms with Crippen molar-refractivity contribution < 1.29 is 0 Å². The Bertz CT molecular complexity index is 2650. The number of benzene rings is 6. The maximum absolute atomic E-state index is 7.31. The van der Waals surface area contributed by atoms with E-state index in [2.05, 4.69) is 17.6 Å². The minimum atomic E-state index is 0.160. The van der Waals surface area contributed by atoms with Crippen LogP contribution in [0.15, 0.2) is 102 Å². The zero-order valence-corrected chi connectivity index (χ0v) is 27.4. The van der Waals surface area contributed by atoms with Gasteiger partial charge < -0.3 is 0 Å². The van der Waals surface area contributed by atoms with Gasteiger partial charge in [0.25, 0.3) is 0 Å². The van der Waals surface area contributed by atoms with Gasteiger partial charge >= 0.3 is 298 Å². The van der Waals surface area contributed by atoms with Gasteiger partial charge in [-0.1, -0.05) is 0 Å². The van der Waals surface area contributed by atoms with E-state index >= 15 is 0 Å².